The first-order valence-corrected chi connectivity index (χ1v) is 6.67. The number of rotatable bonds is 2. The van der Waals surface area contributed by atoms with Crippen LogP contribution in [0.2, 0.25) is 0 Å². The van der Waals surface area contributed by atoms with E-state index in [-0.39, 0.29) is 0 Å². The van der Waals surface area contributed by atoms with Gasteiger partial charge in [0.2, 0.25) is 0 Å². The van der Waals surface area contributed by atoms with E-state index in [0.717, 1.165) is 28.5 Å². The van der Waals surface area contributed by atoms with Crippen LogP contribution in [-0.2, 0) is 11.5 Å². The Hall–Kier alpha value is -1.73. The number of fused-ring (bicyclic) bond motifs is 1. The van der Waals surface area contributed by atoms with Crippen LogP contribution in [0.15, 0.2) is 12.3 Å². The Morgan fingerprint density at radius 2 is 2.17 bits per heavy atom. The molecule has 3 rings (SSSR count). The Morgan fingerprint density at radius 1 is 1.28 bits per heavy atom. The maximum Gasteiger partial charge on any atom is 0.180 e. The minimum atomic E-state index is 0.592. The lowest BCUT2D eigenvalue weighted by Crippen LogP contribution is -2.13. The van der Waals surface area contributed by atoms with Gasteiger partial charge in [0.15, 0.2) is 5.82 Å². The number of nitrogens with one attached hydrogen (secondary N) is 1. The van der Waals surface area contributed by atoms with Crippen molar-refractivity contribution in [2.45, 2.75) is 18.4 Å². The number of aryl methyl sites for hydroxylation is 1. The summed E-state index contributed by atoms with van der Waals surface area (Å²) in [6.07, 6.45) is 1.71. The van der Waals surface area contributed by atoms with E-state index in [9.17, 15) is 0 Å². The summed E-state index contributed by atoms with van der Waals surface area (Å²) in [7, 11) is 0. The Kier molecular flexibility index (Phi) is 2.85. The van der Waals surface area contributed by atoms with Crippen molar-refractivity contribution in [2.24, 2.45) is 5.84 Å². The van der Waals surface area contributed by atoms with Crippen LogP contribution < -0.4 is 11.3 Å². The molecule has 2 aromatic heterocycles. The number of hydrogen-bond donors (Lipinski definition) is 2. The predicted octanol–water partition coefficient (Wildman–Crippen LogP) is 1.27. The van der Waals surface area contributed by atoms with Gasteiger partial charge < -0.3 is 5.43 Å². The predicted molar refractivity (Wildman–Crippen MR) is 70.6 cm³/mol. The maximum atomic E-state index is 5.52. The zero-order valence-electron chi connectivity index (χ0n) is 9.84. The highest BCUT2D eigenvalue weighted by Crippen LogP contribution is 2.33. The fourth-order valence-electron chi connectivity index (χ4n) is 1.87. The van der Waals surface area contributed by atoms with E-state index in [0.29, 0.717) is 17.5 Å². The zero-order chi connectivity index (χ0) is 12.5. The Morgan fingerprint density at radius 3 is 2.94 bits per heavy atom. The maximum absolute atomic E-state index is 5.52. The van der Waals surface area contributed by atoms with E-state index in [2.05, 4.69) is 25.4 Å². The second-order valence-electron chi connectivity index (χ2n) is 3.95. The number of hydrazine groups is 1. The molecular formula is C11H12N6S. The van der Waals surface area contributed by atoms with Gasteiger partial charge in [-0.1, -0.05) is 0 Å². The molecule has 0 amide bonds. The minimum Gasteiger partial charge on any atom is -0.308 e. The van der Waals surface area contributed by atoms with Crippen molar-refractivity contribution in [3.8, 4) is 11.5 Å². The number of nitrogens with two attached hydrogens (primary N) is 1. The molecule has 1 aliphatic rings. The second kappa shape index (κ2) is 4.51. The summed E-state index contributed by atoms with van der Waals surface area (Å²) in [5.41, 5.74) is 5.50. The normalized spacial score (nSPS) is 13.4. The van der Waals surface area contributed by atoms with Gasteiger partial charge in [-0.05, 0) is 13.0 Å². The number of thioether (sulfide) groups is 1. The molecule has 0 fully saturated rings. The van der Waals surface area contributed by atoms with Gasteiger partial charge in [-0.25, -0.2) is 25.8 Å². The average molecular weight is 260 g/mol. The third kappa shape index (κ3) is 1.91. The fourth-order valence-corrected chi connectivity index (χ4v) is 2.91. The van der Waals surface area contributed by atoms with Gasteiger partial charge in [0.05, 0.1) is 5.69 Å². The first kappa shape index (κ1) is 11.4. The summed E-state index contributed by atoms with van der Waals surface area (Å²) in [6.45, 7) is 1.84. The van der Waals surface area contributed by atoms with Crippen LogP contribution in [0.25, 0.3) is 11.5 Å². The molecule has 3 N–H and O–H groups in total. The molecule has 0 saturated carbocycles. The summed E-state index contributed by atoms with van der Waals surface area (Å²) in [5.74, 6) is 9.30. The standard InChI is InChI=1S/C11H12N6S/c1-6-13-3-2-8(14-6)11-15-9-5-18-4-7(9)10(16-11)17-12/h2-3H,4-5,12H2,1H3,(H,15,16,17). The number of aromatic nitrogens is 4. The largest absolute Gasteiger partial charge is 0.308 e. The van der Waals surface area contributed by atoms with E-state index in [1.807, 2.05) is 18.7 Å². The zero-order valence-corrected chi connectivity index (χ0v) is 10.7. The van der Waals surface area contributed by atoms with Gasteiger partial charge >= 0.3 is 0 Å². The summed E-state index contributed by atoms with van der Waals surface area (Å²) in [6, 6.07) is 1.80. The molecule has 1 aliphatic heterocycles. The molecule has 0 radical (unpaired) electrons. The van der Waals surface area contributed by atoms with E-state index >= 15 is 0 Å². The van der Waals surface area contributed by atoms with Crippen molar-refractivity contribution >= 4 is 17.6 Å². The number of nitrogen functional groups attached to an aromatic ring is 1. The van der Waals surface area contributed by atoms with Crippen molar-refractivity contribution in [2.75, 3.05) is 5.43 Å². The van der Waals surface area contributed by atoms with Crippen LogP contribution in [0.3, 0.4) is 0 Å². The lowest BCUT2D eigenvalue weighted by molar-refractivity contribution is 1.01. The van der Waals surface area contributed by atoms with Crippen LogP contribution in [0.4, 0.5) is 5.82 Å². The molecule has 7 heteroatoms. The molecule has 0 aliphatic carbocycles. The number of nitrogens with zero attached hydrogens (tertiary/aromatic N) is 4. The molecule has 92 valence electrons. The number of anilines is 1. The molecular weight excluding hydrogens is 248 g/mol. The average Bonchev–Trinajstić information content (AvgIpc) is 2.85. The Bertz CT molecular complexity index is 600. The summed E-state index contributed by atoms with van der Waals surface area (Å²) in [4.78, 5) is 17.4. The highest BCUT2D eigenvalue weighted by Gasteiger charge is 2.20. The van der Waals surface area contributed by atoms with E-state index < -0.39 is 0 Å². The first-order valence-electron chi connectivity index (χ1n) is 5.52. The van der Waals surface area contributed by atoms with Crippen LogP contribution in [0.5, 0.6) is 0 Å². The molecule has 0 unspecified atom stereocenters. The quantitative estimate of drug-likeness (QED) is 0.621. The third-order valence-electron chi connectivity index (χ3n) is 2.72. The van der Waals surface area contributed by atoms with E-state index in [1.54, 1.807) is 12.3 Å². The third-order valence-corrected chi connectivity index (χ3v) is 3.69. The molecule has 6 nitrogen and oxygen atoms in total. The smallest absolute Gasteiger partial charge is 0.180 e. The topological polar surface area (TPSA) is 89.6 Å². The monoisotopic (exact) mass is 260 g/mol. The van der Waals surface area contributed by atoms with Gasteiger partial charge in [-0.2, -0.15) is 11.8 Å². The van der Waals surface area contributed by atoms with Crippen LogP contribution in [0, 0.1) is 6.92 Å². The van der Waals surface area contributed by atoms with Gasteiger partial charge in [0.25, 0.3) is 0 Å². The van der Waals surface area contributed by atoms with Gasteiger partial charge in [0.1, 0.15) is 17.3 Å². The Balaban J connectivity index is 2.13. The highest BCUT2D eigenvalue weighted by atomic mass is 32.2. The molecule has 0 atom stereocenters. The molecule has 3 heterocycles. The van der Waals surface area contributed by atoms with Gasteiger partial charge in [-0.15, -0.1) is 0 Å². The van der Waals surface area contributed by atoms with Crippen LogP contribution in [0.1, 0.15) is 17.1 Å². The summed E-state index contributed by atoms with van der Waals surface area (Å²) in [5, 5.41) is 0. The summed E-state index contributed by atoms with van der Waals surface area (Å²) >= 11 is 1.81. The molecule has 0 spiro atoms. The molecule has 0 bridgehead atoms. The van der Waals surface area contributed by atoms with Crippen molar-refractivity contribution in [1.29, 1.82) is 0 Å². The van der Waals surface area contributed by atoms with Gasteiger partial charge in [0, 0.05) is 23.3 Å². The number of hydrogen-bond acceptors (Lipinski definition) is 7. The van der Waals surface area contributed by atoms with Crippen LogP contribution in [-0.4, -0.2) is 19.9 Å². The molecule has 0 aromatic carbocycles. The minimum absolute atomic E-state index is 0.592. The fraction of sp³-hybridized carbons (Fsp3) is 0.273. The lowest BCUT2D eigenvalue weighted by atomic mass is 10.2. The van der Waals surface area contributed by atoms with E-state index in [1.165, 1.54) is 0 Å². The van der Waals surface area contributed by atoms with Gasteiger partial charge in [-0.3, -0.25) is 0 Å². The summed E-state index contributed by atoms with van der Waals surface area (Å²) < 4.78 is 0. The van der Waals surface area contributed by atoms with Crippen molar-refractivity contribution in [3.05, 3.63) is 29.3 Å². The van der Waals surface area contributed by atoms with Crippen molar-refractivity contribution in [1.82, 2.24) is 19.9 Å². The highest BCUT2D eigenvalue weighted by molar-refractivity contribution is 7.98. The Labute approximate surface area is 108 Å². The van der Waals surface area contributed by atoms with Crippen molar-refractivity contribution < 1.29 is 0 Å². The lowest BCUT2D eigenvalue weighted by Gasteiger charge is -2.08. The second-order valence-corrected chi connectivity index (χ2v) is 4.93. The molecule has 0 saturated heterocycles. The molecule has 2 aromatic rings. The first-order chi connectivity index (χ1) is 8.78. The molecule has 18 heavy (non-hydrogen) atoms. The van der Waals surface area contributed by atoms with Crippen molar-refractivity contribution in [3.63, 3.8) is 0 Å². The van der Waals surface area contributed by atoms with E-state index in [4.69, 9.17) is 5.84 Å². The van der Waals surface area contributed by atoms with Crippen LogP contribution >= 0.6 is 11.8 Å². The SMILES string of the molecule is Cc1nccc(-c2nc3c(c(NN)n2)CSC3)n1.